The first-order valence-corrected chi connectivity index (χ1v) is 7.99. The molecule has 3 atom stereocenters. The summed E-state index contributed by atoms with van der Waals surface area (Å²) in [5.74, 6) is -2.30. The minimum Gasteiger partial charge on any atom is -0.508 e. The molecule has 1 saturated heterocycles. The number of carbonyl (C=O) groups excluding carboxylic acids is 2. The van der Waals surface area contributed by atoms with Crippen molar-refractivity contribution in [2.75, 3.05) is 0 Å². The van der Waals surface area contributed by atoms with Crippen molar-refractivity contribution >= 4 is 29.4 Å². The molecule has 2 amide bonds. The second kappa shape index (κ2) is 6.38. The van der Waals surface area contributed by atoms with Crippen LogP contribution in [-0.2, 0) is 14.4 Å². The average molecular weight is 366 g/mol. The number of rotatable bonds is 4. The lowest BCUT2D eigenvalue weighted by Crippen LogP contribution is -2.72. The van der Waals surface area contributed by atoms with Gasteiger partial charge in [-0.25, -0.2) is 4.79 Å². The molecule has 0 radical (unpaired) electrons. The van der Waals surface area contributed by atoms with E-state index in [0.29, 0.717) is 18.4 Å². The number of halogens is 1. The van der Waals surface area contributed by atoms with Crippen LogP contribution in [0.3, 0.4) is 0 Å². The van der Waals surface area contributed by atoms with Gasteiger partial charge in [-0.1, -0.05) is 23.7 Å². The van der Waals surface area contributed by atoms with Gasteiger partial charge in [-0.05, 0) is 30.5 Å². The van der Waals surface area contributed by atoms with Gasteiger partial charge < -0.3 is 21.3 Å². The first-order valence-electron chi connectivity index (χ1n) is 7.61. The maximum Gasteiger partial charge on any atom is 0.353 e. The highest BCUT2D eigenvalue weighted by Gasteiger charge is 2.53. The predicted octanol–water partition coefficient (Wildman–Crippen LogP) is 0.416. The summed E-state index contributed by atoms with van der Waals surface area (Å²) in [4.78, 5) is 37.0. The van der Waals surface area contributed by atoms with Crippen LogP contribution in [0.15, 0.2) is 35.0 Å². The Morgan fingerprint density at radius 3 is 2.56 bits per heavy atom. The molecule has 8 nitrogen and oxygen atoms in total. The van der Waals surface area contributed by atoms with Crippen molar-refractivity contribution in [3.05, 3.63) is 40.6 Å². The monoisotopic (exact) mass is 365 g/mol. The Hall–Kier alpha value is -2.58. The summed E-state index contributed by atoms with van der Waals surface area (Å²) in [5.41, 5.74) is 6.14. The van der Waals surface area contributed by atoms with Gasteiger partial charge in [0.2, 0.25) is 5.91 Å². The van der Waals surface area contributed by atoms with Crippen molar-refractivity contribution in [2.45, 2.75) is 31.0 Å². The van der Waals surface area contributed by atoms with E-state index in [1.165, 1.54) is 24.3 Å². The van der Waals surface area contributed by atoms with Crippen molar-refractivity contribution in [1.82, 2.24) is 10.2 Å². The molecule has 2 unspecified atom stereocenters. The number of nitrogens with two attached hydrogens (primary N) is 1. The molecule has 0 aromatic heterocycles. The largest absolute Gasteiger partial charge is 0.508 e. The Bertz CT molecular complexity index is 776. The quantitative estimate of drug-likeness (QED) is 0.571. The van der Waals surface area contributed by atoms with Crippen LogP contribution in [0.5, 0.6) is 5.75 Å². The van der Waals surface area contributed by atoms with Gasteiger partial charge in [0.25, 0.3) is 5.91 Å². The van der Waals surface area contributed by atoms with E-state index >= 15 is 0 Å². The predicted molar refractivity (Wildman–Crippen MR) is 87.3 cm³/mol. The van der Waals surface area contributed by atoms with Crippen LogP contribution in [0.1, 0.15) is 24.4 Å². The molecule has 1 aromatic carbocycles. The van der Waals surface area contributed by atoms with E-state index < -0.39 is 35.9 Å². The number of amides is 2. The molecule has 2 aliphatic heterocycles. The number of nitrogens with one attached hydrogen (secondary N) is 1. The van der Waals surface area contributed by atoms with E-state index in [1.54, 1.807) is 0 Å². The third kappa shape index (κ3) is 2.94. The SMILES string of the molecule is N[C@@H](C(=O)NC1C(=O)N2C(C(=O)O)=C(Cl)CCC12)c1ccc(O)cc1. The molecular weight excluding hydrogens is 350 g/mol. The first kappa shape index (κ1) is 17.2. The lowest BCUT2D eigenvalue weighted by molar-refractivity contribution is -0.156. The number of carbonyl (C=O) groups is 3. The molecule has 1 aromatic rings. The summed E-state index contributed by atoms with van der Waals surface area (Å²) in [7, 11) is 0. The Labute approximate surface area is 147 Å². The zero-order valence-corrected chi connectivity index (χ0v) is 13.7. The molecule has 1 fully saturated rings. The van der Waals surface area contributed by atoms with E-state index in [9.17, 15) is 24.6 Å². The van der Waals surface area contributed by atoms with Crippen molar-refractivity contribution in [1.29, 1.82) is 0 Å². The van der Waals surface area contributed by atoms with E-state index in [2.05, 4.69) is 5.32 Å². The average Bonchev–Trinajstić information content (AvgIpc) is 2.58. The number of nitrogens with zero attached hydrogens (tertiary/aromatic N) is 1. The van der Waals surface area contributed by atoms with Crippen LogP contribution >= 0.6 is 11.6 Å². The Morgan fingerprint density at radius 1 is 1.32 bits per heavy atom. The van der Waals surface area contributed by atoms with Gasteiger partial charge in [-0.15, -0.1) is 0 Å². The molecular formula is C16H16ClN3O5. The van der Waals surface area contributed by atoms with E-state index in [-0.39, 0.29) is 16.5 Å². The number of allylic oxidation sites excluding steroid dienone is 1. The number of benzene rings is 1. The smallest absolute Gasteiger partial charge is 0.353 e. The maximum absolute atomic E-state index is 12.3. The summed E-state index contributed by atoms with van der Waals surface area (Å²) < 4.78 is 0. The molecule has 9 heteroatoms. The summed E-state index contributed by atoms with van der Waals surface area (Å²) >= 11 is 5.91. The number of aromatic hydroxyl groups is 1. The van der Waals surface area contributed by atoms with E-state index in [4.69, 9.17) is 17.3 Å². The van der Waals surface area contributed by atoms with Gasteiger partial charge >= 0.3 is 5.97 Å². The Kier molecular flexibility index (Phi) is 4.40. The van der Waals surface area contributed by atoms with Crippen LogP contribution < -0.4 is 11.1 Å². The third-order valence-electron chi connectivity index (χ3n) is 4.41. The summed E-state index contributed by atoms with van der Waals surface area (Å²) in [6.07, 6.45) is 0.786. The number of aliphatic carboxylic acids is 1. The second-order valence-electron chi connectivity index (χ2n) is 5.93. The second-order valence-corrected chi connectivity index (χ2v) is 6.38. The molecule has 2 aliphatic rings. The van der Waals surface area contributed by atoms with Crippen molar-refractivity contribution < 1.29 is 24.6 Å². The molecule has 25 heavy (non-hydrogen) atoms. The molecule has 132 valence electrons. The minimum atomic E-state index is -1.27. The van der Waals surface area contributed by atoms with Crippen LogP contribution in [0.25, 0.3) is 0 Å². The number of phenolic OH excluding ortho intramolecular Hbond substituents is 1. The van der Waals surface area contributed by atoms with Gasteiger partial charge in [0.15, 0.2) is 0 Å². The van der Waals surface area contributed by atoms with E-state index in [0.717, 1.165) is 4.90 Å². The molecule has 0 spiro atoms. The molecule has 3 rings (SSSR count). The maximum atomic E-state index is 12.3. The van der Waals surface area contributed by atoms with E-state index in [1.807, 2.05) is 0 Å². The summed E-state index contributed by atoms with van der Waals surface area (Å²) in [6.45, 7) is 0. The lowest BCUT2D eigenvalue weighted by atomic mass is 9.86. The number of hydrogen-bond acceptors (Lipinski definition) is 5. The fraction of sp³-hybridized carbons (Fsp3) is 0.312. The number of carboxylic acids is 1. The first-order chi connectivity index (χ1) is 11.8. The third-order valence-corrected chi connectivity index (χ3v) is 4.78. The fourth-order valence-electron chi connectivity index (χ4n) is 3.09. The number of hydrogen-bond donors (Lipinski definition) is 4. The molecule has 5 N–H and O–H groups in total. The highest BCUT2D eigenvalue weighted by atomic mass is 35.5. The van der Waals surface area contributed by atoms with Crippen LogP contribution in [0, 0.1) is 0 Å². The van der Waals surface area contributed by atoms with Crippen LogP contribution in [0.2, 0.25) is 0 Å². The van der Waals surface area contributed by atoms with Gasteiger partial charge in [0, 0.05) is 5.03 Å². The topological polar surface area (TPSA) is 133 Å². The normalized spacial score (nSPS) is 23.6. The highest BCUT2D eigenvalue weighted by molar-refractivity contribution is 6.32. The number of fused-ring (bicyclic) bond motifs is 1. The molecule has 0 saturated carbocycles. The zero-order valence-electron chi connectivity index (χ0n) is 13.0. The summed E-state index contributed by atoms with van der Waals surface area (Å²) in [6, 6.07) is 3.56. The summed E-state index contributed by atoms with van der Waals surface area (Å²) in [5, 5.41) is 21.2. The highest BCUT2D eigenvalue weighted by Crippen LogP contribution is 2.38. The standard InChI is InChI=1S/C16H16ClN3O5/c17-9-5-6-10-12(15(23)20(10)13(9)16(24)25)19-14(22)11(18)7-1-3-8(21)4-2-7/h1-4,10-12,21H,5-6,18H2,(H,19,22)(H,24,25)/t10?,11-,12?/m1/s1. The zero-order chi connectivity index (χ0) is 18.3. The van der Waals surface area contributed by atoms with Crippen molar-refractivity contribution in [3.63, 3.8) is 0 Å². The van der Waals surface area contributed by atoms with Crippen molar-refractivity contribution in [2.24, 2.45) is 5.73 Å². The molecule has 0 aliphatic carbocycles. The molecule has 0 bridgehead atoms. The minimum absolute atomic E-state index is 0.0493. The van der Waals surface area contributed by atoms with Crippen LogP contribution in [-0.4, -0.2) is 45.0 Å². The van der Waals surface area contributed by atoms with Crippen LogP contribution in [0.4, 0.5) is 0 Å². The van der Waals surface area contributed by atoms with Gasteiger partial charge in [0.1, 0.15) is 23.5 Å². The van der Waals surface area contributed by atoms with Crippen molar-refractivity contribution in [3.8, 4) is 5.75 Å². The Morgan fingerprint density at radius 2 is 1.96 bits per heavy atom. The van der Waals surface area contributed by atoms with Gasteiger partial charge in [0.05, 0.1) is 6.04 Å². The number of phenols is 1. The number of β-lactam (4-membered cyclic amide) rings is 1. The number of carboxylic acid groups (broad SMARTS) is 1. The fourth-order valence-corrected chi connectivity index (χ4v) is 3.37. The molecule has 2 heterocycles. The van der Waals surface area contributed by atoms with Gasteiger partial charge in [-0.2, -0.15) is 0 Å². The van der Waals surface area contributed by atoms with Gasteiger partial charge in [-0.3, -0.25) is 14.5 Å². The Balaban J connectivity index is 1.71. The lowest BCUT2D eigenvalue weighted by Gasteiger charge is -2.49.